The molecule has 1 aliphatic rings. The SMILES string of the molecule is Cc1c(Cl)[nH]c(=O)n(CC2(C)CCCS2)c1=O. The highest BCUT2D eigenvalue weighted by Crippen LogP contribution is 2.38. The van der Waals surface area contributed by atoms with Gasteiger partial charge in [0.25, 0.3) is 5.56 Å². The number of hydrogen-bond acceptors (Lipinski definition) is 3. The fourth-order valence-electron chi connectivity index (χ4n) is 2.08. The molecule has 1 atom stereocenters. The monoisotopic (exact) mass is 274 g/mol. The molecule has 94 valence electrons. The summed E-state index contributed by atoms with van der Waals surface area (Å²) in [6, 6.07) is 0. The Morgan fingerprint density at radius 1 is 1.53 bits per heavy atom. The summed E-state index contributed by atoms with van der Waals surface area (Å²) in [5, 5.41) is 0.139. The zero-order valence-electron chi connectivity index (χ0n) is 9.88. The smallest absolute Gasteiger partial charge is 0.297 e. The number of aromatic nitrogens is 2. The van der Waals surface area contributed by atoms with Crippen LogP contribution in [0.3, 0.4) is 0 Å². The van der Waals surface area contributed by atoms with Crippen molar-refractivity contribution in [3.63, 3.8) is 0 Å². The molecule has 0 radical (unpaired) electrons. The van der Waals surface area contributed by atoms with Crippen molar-refractivity contribution in [2.45, 2.75) is 38.0 Å². The Hall–Kier alpha value is -0.680. The predicted molar refractivity (Wildman–Crippen MR) is 71.2 cm³/mol. The van der Waals surface area contributed by atoms with E-state index in [-0.39, 0.29) is 15.5 Å². The van der Waals surface area contributed by atoms with Crippen LogP contribution in [0.4, 0.5) is 0 Å². The lowest BCUT2D eigenvalue weighted by Crippen LogP contribution is -2.41. The number of rotatable bonds is 2. The zero-order chi connectivity index (χ0) is 12.6. The Labute approximate surface area is 108 Å². The quantitative estimate of drug-likeness (QED) is 0.837. The van der Waals surface area contributed by atoms with Crippen molar-refractivity contribution in [3.8, 4) is 0 Å². The molecule has 1 unspecified atom stereocenters. The number of nitrogens with one attached hydrogen (secondary N) is 1. The van der Waals surface area contributed by atoms with E-state index in [1.54, 1.807) is 6.92 Å². The fraction of sp³-hybridized carbons (Fsp3) is 0.636. The van der Waals surface area contributed by atoms with Gasteiger partial charge >= 0.3 is 5.69 Å². The van der Waals surface area contributed by atoms with Crippen molar-refractivity contribution in [2.75, 3.05) is 5.75 Å². The number of nitrogens with zero attached hydrogens (tertiary/aromatic N) is 1. The highest BCUT2D eigenvalue weighted by Gasteiger charge is 2.31. The Bertz CT molecular complexity index is 543. The summed E-state index contributed by atoms with van der Waals surface area (Å²) < 4.78 is 1.25. The maximum Gasteiger partial charge on any atom is 0.329 e. The van der Waals surface area contributed by atoms with Crippen LogP contribution < -0.4 is 11.2 Å². The molecule has 1 N–H and O–H groups in total. The topological polar surface area (TPSA) is 54.9 Å². The van der Waals surface area contributed by atoms with Gasteiger partial charge in [-0.3, -0.25) is 14.3 Å². The molecule has 1 saturated heterocycles. The number of H-pyrrole nitrogens is 1. The second-order valence-electron chi connectivity index (χ2n) is 4.66. The molecular formula is C11H15ClN2O2S. The van der Waals surface area contributed by atoms with Gasteiger partial charge in [-0.15, -0.1) is 0 Å². The van der Waals surface area contributed by atoms with E-state index in [1.165, 1.54) is 4.57 Å². The van der Waals surface area contributed by atoms with E-state index in [9.17, 15) is 9.59 Å². The zero-order valence-corrected chi connectivity index (χ0v) is 11.5. The fourth-order valence-corrected chi connectivity index (χ4v) is 3.54. The van der Waals surface area contributed by atoms with E-state index in [0.29, 0.717) is 12.1 Å². The van der Waals surface area contributed by atoms with Gasteiger partial charge in [-0.25, -0.2) is 4.79 Å². The van der Waals surface area contributed by atoms with E-state index >= 15 is 0 Å². The first-order chi connectivity index (χ1) is 7.93. The average Bonchev–Trinajstić information content (AvgIpc) is 2.69. The molecule has 0 spiro atoms. The summed E-state index contributed by atoms with van der Waals surface area (Å²) in [5.41, 5.74) is -0.301. The van der Waals surface area contributed by atoms with Crippen LogP contribution in [-0.2, 0) is 6.54 Å². The second-order valence-corrected chi connectivity index (χ2v) is 6.72. The van der Waals surface area contributed by atoms with Gasteiger partial charge in [0.05, 0.1) is 0 Å². The molecule has 1 aliphatic heterocycles. The normalized spacial score (nSPS) is 24.2. The van der Waals surface area contributed by atoms with Crippen molar-refractivity contribution in [3.05, 3.63) is 31.6 Å². The standard InChI is InChI=1S/C11H15ClN2O2S/c1-7-8(12)13-10(16)14(9(7)15)6-11(2)4-3-5-17-11/h3-6H2,1-2H3,(H,13,16). The van der Waals surface area contributed by atoms with Crippen LogP contribution in [0.2, 0.25) is 5.15 Å². The summed E-state index contributed by atoms with van der Waals surface area (Å²) in [4.78, 5) is 26.2. The van der Waals surface area contributed by atoms with E-state index in [0.717, 1.165) is 18.6 Å². The van der Waals surface area contributed by atoms with Crippen molar-refractivity contribution >= 4 is 23.4 Å². The van der Waals surface area contributed by atoms with Gasteiger partial charge in [0.1, 0.15) is 5.15 Å². The molecule has 4 nitrogen and oxygen atoms in total. The van der Waals surface area contributed by atoms with Crippen LogP contribution >= 0.6 is 23.4 Å². The second kappa shape index (κ2) is 4.53. The number of halogens is 1. The summed E-state index contributed by atoms with van der Waals surface area (Å²) >= 11 is 7.59. The minimum absolute atomic E-state index is 0.0168. The summed E-state index contributed by atoms with van der Waals surface area (Å²) in [6.07, 6.45) is 2.17. The molecule has 6 heteroatoms. The molecule has 0 saturated carbocycles. The Morgan fingerprint density at radius 2 is 2.24 bits per heavy atom. The molecule has 0 aliphatic carbocycles. The van der Waals surface area contributed by atoms with Gasteiger partial charge in [0.15, 0.2) is 0 Å². The number of thioether (sulfide) groups is 1. The molecule has 2 rings (SSSR count). The number of hydrogen-bond donors (Lipinski definition) is 1. The maximum absolute atomic E-state index is 12.0. The van der Waals surface area contributed by atoms with Crippen molar-refractivity contribution < 1.29 is 0 Å². The highest BCUT2D eigenvalue weighted by atomic mass is 35.5. The minimum Gasteiger partial charge on any atom is -0.297 e. The van der Waals surface area contributed by atoms with Crippen LogP contribution in [0.1, 0.15) is 25.3 Å². The first kappa shape index (κ1) is 12.8. The van der Waals surface area contributed by atoms with Crippen LogP contribution in [0.5, 0.6) is 0 Å². The highest BCUT2D eigenvalue weighted by molar-refractivity contribution is 8.00. The predicted octanol–water partition coefficient (Wildman–Crippen LogP) is 1.78. The first-order valence-electron chi connectivity index (χ1n) is 5.56. The van der Waals surface area contributed by atoms with E-state index in [1.807, 2.05) is 11.8 Å². The molecule has 1 aromatic rings. The van der Waals surface area contributed by atoms with E-state index in [4.69, 9.17) is 11.6 Å². The summed E-state index contributed by atoms with van der Waals surface area (Å²) in [5.74, 6) is 1.09. The minimum atomic E-state index is -0.417. The Balaban J connectivity index is 2.43. The van der Waals surface area contributed by atoms with Gasteiger partial charge in [-0.05, 0) is 32.4 Å². The van der Waals surface area contributed by atoms with E-state index < -0.39 is 5.69 Å². The third-order valence-corrected chi connectivity index (χ3v) is 5.05. The number of aromatic amines is 1. The maximum atomic E-state index is 12.0. The molecule has 0 aromatic carbocycles. The molecule has 1 aromatic heterocycles. The Kier molecular flexibility index (Phi) is 3.41. The van der Waals surface area contributed by atoms with Gasteiger partial charge in [-0.1, -0.05) is 11.6 Å². The first-order valence-corrected chi connectivity index (χ1v) is 6.92. The molecule has 17 heavy (non-hydrogen) atoms. The van der Waals surface area contributed by atoms with Gasteiger partial charge in [0.2, 0.25) is 0 Å². The molecule has 1 fully saturated rings. The molecule has 2 heterocycles. The van der Waals surface area contributed by atoms with E-state index in [2.05, 4.69) is 11.9 Å². The lowest BCUT2D eigenvalue weighted by atomic mass is 10.1. The third-order valence-electron chi connectivity index (χ3n) is 3.15. The third kappa shape index (κ3) is 2.45. The average molecular weight is 275 g/mol. The van der Waals surface area contributed by atoms with Gasteiger partial charge < -0.3 is 0 Å². The van der Waals surface area contributed by atoms with Crippen LogP contribution in [-0.4, -0.2) is 20.1 Å². The molecule has 0 bridgehead atoms. The Morgan fingerprint density at radius 3 is 2.82 bits per heavy atom. The lowest BCUT2D eigenvalue weighted by molar-refractivity contribution is 0.483. The van der Waals surface area contributed by atoms with Crippen LogP contribution in [0.25, 0.3) is 0 Å². The summed E-state index contributed by atoms with van der Waals surface area (Å²) in [6.45, 7) is 4.17. The van der Waals surface area contributed by atoms with Crippen molar-refractivity contribution in [1.82, 2.24) is 9.55 Å². The summed E-state index contributed by atoms with van der Waals surface area (Å²) in [7, 11) is 0. The lowest BCUT2D eigenvalue weighted by Gasteiger charge is -2.23. The molecule has 0 amide bonds. The largest absolute Gasteiger partial charge is 0.329 e. The van der Waals surface area contributed by atoms with Crippen molar-refractivity contribution in [1.29, 1.82) is 0 Å². The van der Waals surface area contributed by atoms with Gasteiger partial charge in [0, 0.05) is 16.9 Å². The van der Waals surface area contributed by atoms with Crippen molar-refractivity contribution in [2.24, 2.45) is 0 Å². The van der Waals surface area contributed by atoms with Gasteiger partial charge in [-0.2, -0.15) is 11.8 Å². The molecular weight excluding hydrogens is 260 g/mol. The van der Waals surface area contributed by atoms with Crippen LogP contribution in [0, 0.1) is 6.92 Å². The van der Waals surface area contributed by atoms with Crippen LogP contribution in [0.15, 0.2) is 9.59 Å².